The molecule has 1 aromatic rings. The normalized spacial score (nSPS) is 13.2. The number of guanidine groups is 1. The van der Waals surface area contributed by atoms with Crippen LogP contribution < -0.4 is 10.6 Å². The first kappa shape index (κ1) is 19.5. The average molecular weight is 320 g/mol. The zero-order chi connectivity index (χ0) is 16.9. The quantitative estimate of drug-likeness (QED) is 0.394. The number of nitrogens with zero attached hydrogens (tertiary/aromatic N) is 2. The van der Waals surface area contributed by atoms with Gasteiger partial charge in [-0.25, -0.2) is 0 Å². The molecule has 0 bridgehead atoms. The minimum absolute atomic E-state index is 0.249. The van der Waals surface area contributed by atoms with Gasteiger partial charge in [-0.15, -0.1) is 0 Å². The van der Waals surface area contributed by atoms with Crippen LogP contribution in [0.25, 0.3) is 0 Å². The molecular weight excluding hydrogens is 288 g/mol. The third-order valence-corrected chi connectivity index (χ3v) is 3.41. The molecule has 0 amide bonds. The monoisotopic (exact) mass is 320 g/mol. The van der Waals surface area contributed by atoms with Crippen LogP contribution in [0.15, 0.2) is 35.3 Å². The van der Waals surface area contributed by atoms with Gasteiger partial charge in [0, 0.05) is 32.8 Å². The topological polar surface area (TPSA) is 48.9 Å². The van der Waals surface area contributed by atoms with Gasteiger partial charge in [-0.2, -0.15) is 0 Å². The van der Waals surface area contributed by atoms with Gasteiger partial charge in [0.15, 0.2) is 5.96 Å². The van der Waals surface area contributed by atoms with Crippen molar-refractivity contribution < 1.29 is 4.74 Å². The van der Waals surface area contributed by atoms with Crippen molar-refractivity contribution in [3.63, 3.8) is 0 Å². The van der Waals surface area contributed by atoms with E-state index in [2.05, 4.69) is 71.8 Å². The molecular formula is C18H32N4O. The average Bonchev–Trinajstić information content (AvgIpc) is 2.53. The Kier molecular flexibility index (Phi) is 10.1. The summed E-state index contributed by atoms with van der Waals surface area (Å²) in [6.07, 6.45) is 1.04. The number of hydrogen-bond acceptors (Lipinski definition) is 3. The van der Waals surface area contributed by atoms with Crippen molar-refractivity contribution >= 4 is 5.96 Å². The smallest absolute Gasteiger partial charge is 0.191 e. The van der Waals surface area contributed by atoms with Crippen LogP contribution in [0.3, 0.4) is 0 Å². The van der Waals surface area contributed by atoms with E-state index in [9.17, 15) is 0 Å². The summed E-state index contributed by atoms with van der Waals surface area (Å²) in [5.41, 5.74) is 1.35. The Balaban J connectivity index is 2.30. The van der Waals surface area contributed by atoms with Crippen molar-refractivity contribution in [3.8, 4) is 0 Å². The highest BCUT2D eigenvalue weighted by Crippen LogP contribution is 2.02. The minimum atomic E-state index is 0.249. The molecule has 5 nitrogen and oxygen atoms in total. The highest BCUT2D eigenvalue weighted by Gasteiger charge is 2.04. The van der Waals surface area contributed by atoms with Crippen LogP contribution in [-0.4, -0.2) is 57.3 Å². The third-order valence-electron chi connectivity index (χ3n) is 3.41. The molecule has 0 spiro atoms. The molecule has 130 valence electrons. The molecule has 0 saturated heterocycles. The van der Waals surface area contributed by atoms with Gasteiger partial charge in [0.1, 0.15) is 0 Å². The predicted octanol–water partition coefficient (Wildman–Crippen LogP) is 2.10. The number of methoxy groups -OCH3 is 1. The van der Waals surface area contributed by atoms with Crippen LogP contribution in [0, 0.1) is 0 Å². The Morgan fingerprint density at radius 3 is 2.70 bits per heavy atom. The van der Waals surface area contributed by atoms with Crippen LogP contribution in [0.2, 0.25) is 0 Å². The Morgan fingerprint density at radius 1 is 1.30 bits per heavy atom. The summed E-state index contributed by atoms with van der Waals surface area (Å²) in [4.78, 5) is 6.96. The second-order valence-corrected chi connectivity index (χ2v) is 5.84. The molecule has 1 unspecified atom stereocenters. The lowest BCUT2D eigenvalue weighted by Gasteiger charge is -2.18. The summed E-state index contributed by atoms with van der Waals surface area (Å²) < 4.78 is 5.14. The molecule has 0 aliphatic heterocycles. The highest BCUT2D eigenvalue weighted by atomic mass is 16.5. The Labute approximate surface area is 141 Å². The van der Waals surface area contributed by atoms with E-state index in [-0.39, 0.29) is 6.04 Å². The number of hydrogen-bond donors (Lipinski definition) is 2. The van der Waals surface area contributed by atoms with E-state index in [0.29, 0.717) is 6.61 Å². The van der Waals surface area contributed by atoms with Gasteiger partial charge >= 0.3 is 0 Å². The molecule has 1 atom stereocenters. The molecule has 0 aromatic heterocycles. The molecule has 0 fully saturated rings. The van der Waals surface area contributed by atoms with E-state index in [4.69, 9.17) is 4.74 Å². The SMILES string of the molecule is CCNC(=NCCCN(C)Cc1ccccc1)NC(C)COC. The van der Waals surface area contributed by atoms with Gasteiger partial charge in [-0.05, 0) is 39.4 Å². The summed E-state index contributed by atoms with van der Waals surface area (Å²) in [6, 6.07) is 10.8. The Bertz CT molecular complexity index is 436. The molecule has 0 radical (unpaired) electrons. The van der Waals surface area contributed by atoms with Gasteiger partial charge in [0.25, 0.3) is 0 Å². The standard InChI is InChI=1S/C18H32N4O/c1-5-19-18(21-16(2)15-23-4)20-12-9-13-22(3)14-17-10-7-6-8-11-17/h6-8,10-11,16H,5,9,12-15H2,1-4H3,(H2,19,20,21). The second-order valence-electron chi connectivity index (χ2n) is 5.84. The van der Waals surface area contributed by atoms with E-state index < -0.39 is 0 Å². The maximum Gasteiger partial charge on any atom is 0.191 e. The zero-order valence-electron chi connectivity index (χ0n) is 15.0. The second kappa shape index (κ2) is 11.9. The van der Waals surface area contributed by atoms with Crippen molar-refractivity contribution in [3.05, 3.63) is 35.9 Å². The van der Waals surface area contributed by atoms with Gasteiger partial charge in [0.2, 0.25) is 0 Å². The first-order valence-electron chi connectivity index (χ1n) is 8.42. The first-order valence-corrected chi connectivity index (χ1v) is 8.42. The minimum Gasteiger partial charge on any atom is -0.383 e. The fourth-order valence-corrected chi connectivity index (χ4v) is 2.35. The third kappa shape index (κ3) is 9.21. The highest BCUT2D eigenvalue weighted by molar-refractivity contribution is 5.80. The van der Waals surface area contributed by atoms with E-state index in [1.54, 1.807) is 7.11 Å². The summed E-state index contributed by atoms with van der Waals surface area (Å²) in [5.74, 6) is 0.864. The molecule has 0 aliphatic rings. The predicted molar refractivity (Wildman–Crippen MR) is 97.8 cm³/mol. The van der Waals surface area contributed by atoms with Crippen LogP contribution in [0.4, 0.5) is 0 Å². The Hall–Kier alpha value is -1.59. The molecule has 5 heteroatoms. The lowest BCUT2D eigenvalue weighted by molar-refractivity contribution is 0.179. The fraction of sp³-hybridized carbons (Fsp3) is 0.611. The molecule has 2 N–H and O–H groups in total. The number of ether oxygens (including phenoxy) is 1. The number of rotatable bonds is 10. The fourth-order valence-electron chi connectivity index (χ4n) is 2.35. The van der Waals surface area contributed by atoms with Crippen molar-refractivity contribution in [2.75, 3.05) is 40.4 Å². The molecule has 23 heavy (non-hydrogen) atoms. The summed E-state index contributed by atoms with van der Waals surface area (Å²) >= 11 is 0. The lowest BCUT2D eigenvalue weighted by atomic mass is 10.2. The maximum atomic E-state index is 5.14. The van der Waals surface area contributed by atoms with Crippen molar-refractivity contribution in [1.29, 1.82) is 0 Å². The van der Waals surface area contributed by atoms with E-state index >= 15 is 0 Å². The first-order chi connectivity index (χ1) is 11.2. The van der Waals surface area contributed by atoms with E-state index in [1.807, 2.05) is 0 Å². The van der Waals surface area contributed by atoms with Crippen molar-refractivity contribution in [2.45, 2.75) is 32.9 Å². The van der Waals surface area contributed by atoms with Crippen LogP contribution in [0.1, 0.15) is 25.8 Å². The Morgan fingerprint density at radius 2 is 2.04 bits per heavy atom. The van der Waals surface area contributed by atoms with E-state index in [1.165, 1.54) is 5.56 Å². The number of benzene rings is 1. The largest absolute Gasteiger partial charge is 0.383 e. The van der Waals surface area contributed by atoms with Gasteiger partial charge in [-0.1, -0.05) is 30.3 Å². The molecule has 1 aromatic carbocycles. The summed E-state index contributed by atoms with van der Waals surface area (Å²) in [6.45, 7) is 8.52. The zero-order valence-corrected chi connectivity index (χ0v) is 15.0. The summed E-state index contributed by atoms with van der Waals surface area (Å²) in [7, 11) is 3.87. The maximum absolute atomic E-state index is 5.14. The molecule has 0 aliphatic carbocycles. The van der Waals surface area contributed by atoms with Crippen LogP contribution in [0.5, 0.6) is 0 Å². The summed E-state index contributed by atoms with van der Waals surface area (Å²) in [5, 5.41) is 6.62. The van der Waals surface area contributed by atoms with Gasteiger partial charge in [-0.3, -0.25) is 4.99 Å². The van der Waals surface area contributed by atoms with Crippen molar-refractivity contribution in [2.24, 2.45) is 4.99 Å². The number of aliphatic imine (C=N–C) groups is 1. The van der Waals surface area contributed by atoms with Crippen LogP contribution >= 0.6 is 0 Å². The number of nitrogens with one attached hydrogen (secondary N) is 2. The molecule has 1 rings (SSSR count). The van der Waals surface area contributed by atoms with Crippen molar-refractivity contribution in [1.82, 2.24) is 15.5 Å². The van der Waals surface area contributed by atoms with Gasteiger partial charge in [0.05, 0.1) is 6.61 Å². The molecule has 0 saturated carbocycles. The molecule has 0 heterocycles. The van der Waals surface area contributed by atoms with Gasteiger partial charge < -0.3 is 20.3 Å². The van der Waals surface area contributed by atoms with E-state index in [0.717, 1.165) is 38.6 Å². The van der Waals surface area contributed by atoms with Crippen LogP contribution in [-0.2, 0) is 11.3 Å². The lowest BCUT2D eigenvalue weighted by Crippen LogP contribution is -2.44.